The molecule has 0 amide bonds. The zero-order valence-corrected chi connectivity index (χ0v) is 28.7. The molecular weight excluding hydrogens is 629 g/mol. The van der Waals surface area contributed by atoms with E-state index in [1.54, 1.807) is 23.5 Å². The van der Waals surface area contributed by atoms with Crippen molar-refractivity contribution < 1.29 is 28.5 Å². The van der Waals surface area contributed by atoms with Gasteiger partial charge < -0.3 is 18.9 Å². The third-order valence-corrected chi connectivity index (χ3v) is 9.57. The van der Waals surface area contributed by atoms with E-state index in [1.807, 2.05) is 38.1 Å². The molecule has 0 aromatic heterocycles. The van der Waals surface area contributed by atoms with Crippen molar-refractivity contribution in [1.29, 1.82) is 0 Å². The van der Waals surface area contributed by atoms with Gasteiger partial charge in [-0.2, -0.15) is 0 Å². The number of fused-ring (bicyclic) bond motifs is 3. The van der Waals surface area contributed by atoms with Gasteiger partial charge in [-0.05, 0) is 101 Å². The first-order valence-corrected chi connectivity index (χ1v) is 17.3. The summed E-state index contributed by atoms with van der Waals surface area (Å²) in [4.78, 5) is 25.0. The van der Waals surface area contributed by atoms with Gasteiger partial charge in [-0.25, -0.2) is 9.59 Å². The highest BCUT2D eigenvalue weighted by atomic mass is 32.2. The normalized spacial score (nSPS) is 11.8. The molecule has 0 radical (unpaired) electrons. The number of esters is 2. The highest BCUT2D eigenvalue weighted by Gasteiger charge is 2.18. The zero-order valence-electron chi connectivity index (χ0n) is 27.0. The average Bonchev–Trinajstić information content (AvgIpc) is 3.44. The second-order valence-electron chi connectivity index (χ2n) is 11.0. The van der Waals surface area contributed by atoms with Crippen LogP contribution in [0.5, 0.6) is 11.5 Å². The first kappa shape index (κ1) is 33.9. The van der Waals surface area contributed by atoms with Gasteiger partial charge in [-0.15, -0.1) is 23.5 Å². The molecule has 1 aliphatic rings. The van der Waals surface area contributed by atoms with Gasteiger partial charge in [0.15, 0.2) is 13.2 Å². The molecule has 0 saturated heterocycles. The van der Waals surface area contributed by atoms with Crippen LogP contribution in [0.2, 0.25) is 0 Å². The molecule has 0 fully saturated rings. The minimum atomic E-state index is -0.395. The lowest BCUT2D eigenvalue weighted by molar-refractivity contribution is -0.143. The van der Waals surface area contributed by atoms with Crippen LogP contribution >= 0.6 is 23.5 Å². The van der Waals surface area contributed by atoms with E-state index in [-0.39, 0.29) is 13.2 Å². The van der Waals surface area contributed by atoms with Crippen molar-refractivity contribution in [1.82, 2.24) is 0 Å². The van der Waals surface area contributed by atoms with Crippen molar-refractivity contribution in [3.8, 4) is 22.6 Å². The van der Waals surface area contributed by atoms with Gasteiger partial charge in [-0.1, -0.05) is 60.7 Å². The monoisotopic (exact) mass is 666 g/mol. The summed E-state index contributed by atoms with van der Waals surface area (Å²) >= 11 is 3.52. The van der Waals surface area contributed by atoms with E-state index in [0.717, 1.165) is 38.8 Å². The second kappa shape index (κ2) is 16.4. The van der Waals surface area contributed by atoms with Gasteiger partial charge >= 0.3 is 11.9 Å². The van der Waals surface area contributed by atoms with E-state index in [0.29, 0.717) is 11.5 Å². The number of aryl methyl sites for hydroxylation is 2. The number of methoxy groups -OCH3 is 2. The van der Waals surface area contributed by atoms with Gasteiger partial charge in [0, 0.05) is 21.3 Å². The lowest BCUT2D eigenvalue weighted by Gasteiger charge is -2.09. The van der Waals surface area contributed by atoms with E-state index in [9.17, 15) is 9.59 Å². The Hall–Kier alpha value is -4.40. The SMILES string of the molecule is COC(=O)COc1ccc(SCC=Cc2ccc3c(c2)Cc2cc(C=CCSc4ccc(OCC(=O)OC)c(C)c4)ccc2-3)cc1C. The topological polar surface area (TPSA) is 71.1 Å². The molecule has 0 atom stereocenters. The number of hydrogen-bond acceptors (Lipinski definition) is 8. The van der Waals surface area contributed by atoms with E-state index in [4.69, 9.17) is 9.47 Å². The minimum absolute atomic E-state index is 0.0906. The van der Waals surface area contributed by atoms with Crippen molar-refractivity contribution >= 4 is 47.6 Å². The van der Waals surface area contributed by atoms with Crippen molar-refractivity contribution in [3.05, 3.63) is 118 Å². The Morgan fingerprint density at radius 1 is 0.638 bits per heavy atom. The molecular formula is C39H38O6S2. The molecule has 5 rings (SSSR count). The predicted molar refractivity (Wildman–Crippen MR) is 192 cm³/mol. The molecule has 0 bridgehead atoms. The predicted octanol–water partition coefficient (Wildman–Crippen LogP) is 8.59. The van der Waals surface area contributed by atoms with Gasteiger partial charge in [0.25, 0.3) is 0 Å². The summed E-state index contributed by atoms with van der Waals surface area (Å²) < 4.78 is 20.3. The summed E-state index contributed by atoms with van der Waals surface area (Å²) in [7, 11) is 2.70. The van der Waals surface area contributed by atoms with Crippen molar-refractivity contribution in [2.24, 2.45) is 0 Å². The maximum absolute atomic E-state index is 11.3. The Morgan fingerprint density at radius 2 is 1.09 bits per heavy atom. The van der Waals surface area contributed by atoms with Crippen LogP contribution in [0.25, 0.3) is 23.3 Å². The maximum Gasteiger partial charge on any atom is 0.343 e. The van der Waals surface area contributed by atoms with E-state index in [1.165, 1.54) is 47.6 Å². The molecule has 0 heterocycles. The van der Waals surface area contributed by atoms with Crippen LogP contribution in [-0.4, -0.2) is 50.9 Å². The summed E-state index contributed by atoms with van der Waals surface area (Å²) in [6.45, 7) is 3.77. The van der Waals surface area contributed by atoms with Crippen LogP contribution in [0, 0.1) is 13.8 Å². The first-order chi connectivity index (χ1) is 22.8. The molecule has 4 aromatic carbocycles. The quantitative estimate of drug-likeness (QED) is 0.0863. The molecule has 0 spiro atoms. The van der Waals surface area contributed by atoms with Crippen LogP contribution < -0.4 is 9.47 Å². The van der Waals surface area contributed by atoms with Crippen molar-refractivity contribution in [2.45, 2.75) is 30.1 Å². The maximum atomic E-state index is 11.3. The standard InChI is InChI=1S/C39H38O6S2/c1-26-19-32(11-15-36(26)44-24-38(40)42-3)46-17-5-7-28-9-13-34-30(21-28)23-31-22-29(10-14-35(31)34)8-6-18-47-33-12-16-37(27(2)20-33)45-25-39(41)43-4/h5-16,19-22H,17-18,23-25H2,1-4H3. The largest absolute Gasteiger partial charge is 0.482 e. The molecule has 1 aliphatic carbocycles. The number of ether oxygens (including phenoxy) is 4. The number of thioether (sulfide) groups is 2. The summed E-state index contributed by atoms with van der Waals surface area (Å²) in [6.07, 6.45) is 9.70. The highest BCUT2D eigenvalue weighted by molar-refractivity contribution is 7.99. The number of rotatable bonds is 14. The van der Waals surface area contributed by atoms with Crippen molar-refractivity contribution in [3.63, 3.8) is 0 Å². The van der Waals surface area contributed by atoms with Crippen LogP contribution in [0.1, 0.15) is 33.4 Å². The Balaban J connectivity index is 1.10. The number of carbonyl (C=O) groups is 2. The first-order valence-electron chi connectivity index (χ1n) is 15.3. The molecule has 47 heavy (non-hydrogen) atoms. The van der Waals surface area contributed by atoms with Gasteiger partial charge in [-0.3, -0.25) is 0 Å². The third kappa shape index (κ3) is 9.33. The molecule has 0 N–H and O–H groups in total. The average molecular weight is 667 g/mol. The van der Waals surface area contributed by atoms with Gasteiger partial charge in [0.2, 0.25) is 0 Å². The molecule has 4 aromatic rings. The van der Waals surface area contributed by atoms with Crippen LogP contribution in [0.15, 0.2) is 94.7 Å². The fourth-order valence-electron chi connectivity index (χ4n) is 5.25. The molecule has 0 aliphatic heterocycles. The van der Waals surface area contributed by atoms with Crippen LogP contribution in [0.4, 0.5) is 0 Å². The molecule has 0 unspecified atom stereocenters. The fraction of sp³-hybridized carbons (Fsp3) is 0.231. The van der Waals surface area contributed by atoms with E-state index >= 15 is 0 Å². The minimum Gasteiger partial charge on any atom is -0.482 e. The van der Waals surface area contributed by atoms with Gasteiger partial charge in [0.1, 0.15) is 11.5 Å². The fourth-order valence-corrected chi connectivity index (χ4v) is 6.87. The number of benzene rings is 4. The van der Waals surface area contributed by atoms with E-state index in [2.05, 4.69) is 82.3 Å². The molecule has 6 nitrogen and oxygen atoms in total. The number of hydrogen-bond donors (Lipinski definition) is 0. The zero-order chi connectivity index (χ0) is 33.2. The number of carbonyl (C=O) groups excluding carboxylic acids is 2. The Kier molecular flexibility index (Phi) is 11.9. The molecule has 0 saturated carbocycles. The highest BCUT2D eigenvalue weighted by Crippen LogP contribution is 2.38. The third-order valence-electron chi connectivity index (χ3n) is 7.68. The smallest absolute Gasteiger partial charge is 0.343 e. The molecule has 242 valence electrons. The second-order valence-corrected chi connectivity index (χ2v) is 13.2. The lowest BCUT2D eigenvalue weighted by Crippen LogP contribution is -2.12. The van der Waals surface area contributed by atoms with Crippen LogP contribution in [-0.2, 0) is 25.5 Å². The summed E-state index contributed by atoms with van der Waals surface area (Å²) in [6, 6.07) is 25.4. The Labute approximate surface area is 285 Å². The summed E-state index contributed by atoms with van der Waals surface area (Å²) in [5.41, 5.74) is 9.74. The van der Waals surface area contributed by atoms with Crippen LogP contribution in [0.3, 0.4) is 0 Å². The summed E-state index contributed by atoms with van der Waals surface area (Å²) in [5.74, 6) is 2.29. The Morgan fingerprint density at radius 3 is 1.49 bits per heavy atom. The lowest BCUT2D eigenvalue weighted by atomic mass is 10.0. The van der Waals surface area contributed by atoms with E-state index < -0.39 is 11.9 Å². The summed E-state index contributed by atoms with van der Waals surface area (Å²) in [5, 5.41) is 0. The Bertz CT molecular complexity index is 1680. The van der Waals surface area contributed by atoms with Crippen molar-refractivity contribution in [2.75, 3.05) is 38.9 Å². The molecule has 8 heteroatoms. The van der Waals surface area contributed by atoms with Gasteiger partial charge in [0.05, 0.1) is 14.2 Å².